The second-order valence-corrected chi connectivity index (χ2v) is 6.07. The molecule has 22 heavy (non-hydrogen) atoms. The van der Waals surface area contributed by atoms with Crippen molar-refractivity contribution in [3.63, 3.8) is 0 Å². The Bertz CT molecular complexity index is 655. The number of rotatable bonds is 3. The van der Waals surface area contributed by atoms with Crippen molar-refractivity contribution in [2.24, 2.45) is 0 Å². The van der Waals surface area contributed by atoms with Crippen LogP contribution in [0.15, 0.2) is 28.8 Å². The van der Waals surface area contributed by atoms with E-state index < -0.39 is 0 Å². The van der Waals surface area contributed by atoms with Crippen LogP contribution in [-0.2, 0) is 0 Å². The normalized spacial score (nSPS) is 21.0. The average molecular weight is 303 g/mol. The molecule has 0 saturated carbocycles. The van der Waals surface area contributed by atoms with Gasteiger partial charge in [-0.05, 0) is 32.9 Å². The number of nitrogens with zero attached hydrogens (tertiary/aromatic N) is 2. The minimum atomic E-state index is -0.281. The molecular weight excluding hydrogens is 281 g/mol. The van der Waals surface area contributed by atoms with Crippen LogP contribution >= 0.6 is 0 Å². The number of benzene rings is 1. The molecule has 3 rings (SSSR count). The van der Waals surface area contributed by atoms with Crippen molar-refractivity contribution in [2.45, 2.75) is 32.9 Å². The van der Waals surface area contributed by atoms with Crippen molar-refractivity contribution in [1.82, 2.24) is 15.4 Å². The molecule has 1 aromatic heterocycles. The van der Waals surface area contributed by atoms with Crippen LogP contribution in [0.5, 0.6) is 0 Å². The Morgan fingerprint density at radius 3 is 3.00 bits per heavy atom. The number of nitrogens with one attached hydrogen (secondary N) is 1. The molecule has 1 unspecified atom stereocenters. The molecule has 1 aliphatic rings. The molecule has 2 heterocycles. The lowest BCUT2D eigenvalue weighted by Crippen LogP contribution is -2.50. The Kier molecular flexibility index (Phi) is 4.27. The van der Waals surface area contributed by atoms with Crippen LogP contribution in [0.1, 0.15) is 31.1 Å². The van der Waals surface area contributed by atoms with Crippen molar-refractivity contribution in [3.05, 3.63) is 41.3 Å². The summed E-state index contributed by atoms with van der Waals surface area (Å²) in [7, 11) is 0. The van der Waals surface area contributed by atoms with E-state index in [-0.39, 0.29) is 11.9 Å². The largest absolute Gasteiger partial charge is 0.356 e. The number of halogens is 1. The molecule has 1 N–H and O–H groups in total. The van der Waals surface area contributed by atoms with Gasteiger partial charge in [-0.25, -0.2) is 4.39 Å². The van der Waals surface area contributed by atoms with E-state index in [0.29, 0.717) is 17.4 Å². The number of hydrogen-bond acceptors (Lipinski definition) is 4. The predicted octanol–water partition coefficient (Wildman–Crippen LogP) is 3.14. The summed E-state index contributed by atoms with van der Waals surface area (Å²) < 4.78 is 19.4. The van der Waals surface area contributed by atoms with Gasteiger partial charge in [-0.1, -0.05) is 16.8 Å². The SMILES string of the molecule is Cc1ccc(F)c(-c2cc(C(C)N3CCNC[C@H]3C)no2)c1. The van der Waals surface area contributed by atoms with E-state index in [1.54, 1.807) is 12.1 Å². The standard InChI is InChI=1S/C17H22FN3O/c1-11-4-5-15(18)14(8-11)17-9-16(20-22-17)13(3)21-7-6-19-10-12(21)2/h4-5,8-9,12-13,19H,6-7,10H2,1-3H3/t12-,13?/m1/s1. The van der Waals surface area contributed by atoms with Crippen molar-refractivity contribution in [1.29, 1.82) is 0 Å². The fourth-order valence-corrected chi connectivity index (χ4v) is 3.04. The van der Waals surface area contributed by atoms with Crippen molar-refractivity contribution in [3.8, 4) is 11.3 Å². The van der Waals surface area contributed by atoms with E-state index in [1.807, 2.05) is 13.0 Å². The molecule has 5 heteroatoms. The van der Waals surface area contributed by atoms with Gasteiger partial charge in [0.1, 0.15) is 11.5 Å². The van der Waals surface area contributed by atoms with Crippen molar-refractivity contribution in [2.75, 3.05) is 19.6 Å². The molecule has 2 atom stereocenters. The molecule has 0 radical (unpaired) electrons. The summed E-state index contributed by atoms with van der Waals surface area (Å²) >= 11 is 0. The van der Waals surface area contributed by atoms with Crippen LogP contribution < -0.4 is 5.32 Å². The van der Waals surface area contributed by atoms with Gasteiger partial charge in [0.15, 0.2) is 5.76 Å². The Balaban J connectivity index is 1.85. The smallest absolute Gasteiger partial charge is 0.170 e. The monoisotopic (exact) mass is 303 g/mol. The van der Waals surface area contributed by atoms with Crippen molar-refractivity contribution < 1.29 is 8.91 Å². The Morgan fingerprint density at radius 2 is 2.23 bits per heavy atom. The topological polar surface area (TPSA) is 41.3 Å². The summed E-state index contributed by atoms with van der Waals surface area (Å²) in [6.07, 6.45) is 0. The van der Waals surface area contributed by atoms with Gasteiger partial charge >= 0.3 is 0 Å². The van der Waals surface area contributed by atoms with Crippen LogP contribution in [0.4, 0.5) is 4.39 Å². The minimum Gasteiger partial charge on any atom is -0.356 e. The van der Waals surface area contributed by atoms with Crippen LogP contribution in [-0.4, -0.2) is 35.7 Å². The van der Waals surface area contributed by atoms with Gasteiger partial charge in [0.25, 0.3) is 0 Å². The van der Waals surface area contributed by atoms with E-state index in [4.69, 9.17) is 4.52 Å². The maximum absolute atomic E-state index is 14.0. The summed E-state index contributed by atoms with van der Waals surface area (Å²) in [6.45, 7) is 9.18. The molecule has 118 valence electrons. The third-order valence-corrected chi connectivity index (χ3v) is 4.39. The summed E-state index contributed by atoms with van der Waals surface area (Å²) in [5.41, 5.74) is 2.32. The molecule has 1 aromatic carbocycles. The van der Waals surface area contributed by atoms with E-state index in [9.17, 15) is 4.39 Å². The van der Waals surface area contributed by atoms with Crippen LogP contribution in [0.25, 0.3) is 11.3 Å². The van der Waals surface area contributed by atoms with E-state index in [0.717, 1.165) is 30.9 Å². The Hall–Kier alpha value is -1.72. The first-order chi connectivity index (χ1) is 10.6. The molecular formula is C17H22FN3O. The Morgan fingerprint density at radius 1 is 1.41 bits per heavy atom. The number of aryl methyl sites for hydroxylation is 1. The fraction of sp³-hybridized carbons (Fsp3) is 0.471. The minimum absolute atomic E-state index is 0.155. The first-order valence-corrected chi connectivity index (χ1v) is 7.76. The number of hydrogen-bond donors (Lipinski definition) is 1. The lowest BCUT2D eigenvalue weighted by molar-refractivity contribution is 0.121. The maximum atomic E-state index is 14.0. The van der Waals surface area contributed by atoms with E-state index in [1.165, 1.54) is 6.07 Å². The predicted molar refractivity (Wildman–Crippen MR) is 84.1 cm³/mol. The van der Waals surface area contributed by atoms with Gasteiger partial charge in [-0.2, -0.15) is 0 Å². The fourth-order valence-electron chi connectivity index (χ4n) is 3.04. The van der Waals surface area contributed by atoms with E-state index >= 15 is 0 Å². The van der Waals surface area contributed by atoms with Gasteiger partial charge in [0.05, 0.1) is 11.6 Å². The highest BCUT2D eigenvalue weighted by molar-refractivity contribution is 5.59. The van der Waals surface area contributed by atoms with Gasteiger partial charge in [-0.3, -0.25) is 4.90 Å². The molecule has 1 aliphatic heterocycles. The molecule has 0 amide bonds. The highest BCUT2D eigenvalue weighted by Crippen LogP contribution is 2.29. The quantitative estimate of drug-likeness (QED) is 0.946. The molecule has 0 spiro atoms. The summed E-state index contributed by atoms with van der Waals surface area (Å²) in [6, 6.07) is 7.47. The second-order valence-electron chi connectivity index (χ2n) is 6.07. The van der Waals surface area contributed by atoms with Gasteiger partial charge in [0, 0.05) is 31.7 Å². The van der Waals surface area contributed by atoms with Crippen LogP contribution in [0.2, 0.25) is 0 Å². The van der Waals surface area contributed by atoms with Crippen molar-refractivity contribution >= 4 is 0 Å². The average Bonchev–Trinajstić information content (AvgIpc) is 2.99. The van der Waals surface area contributed by atoms with Crippen LogP contribution in [0, 0.1) is 12.7 Å². The highest BCUT2D eigenvalue weighted by atomic mass is 19.1. The van der Waals surface area contributed by atoms with Gasteiger partial charge in [0.2, 0.25) is 0 Å². The molecule has 0 bridgehead atoms. The number of aromatic nitrogens is 1. The third-order valence-electron chi connectivity index (χ3n) is 4.39. The molecule has 4 nitrogen and oxygen atoms in total. The zero-order valence-corrected chi connectivity index (χ0v) is 13.3. The van der Waals surface area contributed by atoms with Gasteiger partial charge in [-0.15, -0.1) is 0 Å². The second kappa shape index (κ2) is 6.18. The first-order valence-electron chi connectivity index (χ1n) is 7.76. The zero-order valence-electron chi connectivity index (χ0n) is 13.3. The summed E-state index contributed by atoms with van der Waals surface area (Å²) in [5.74, 6) is 0.210. The molecule has 1 fully saturated rings. The lowest BCUT2D eigenvalue weighted by atomic mass is 10.1. The third kappa shape index (κ3) is 2.91. The maximum Gasteiger partial charge on any atom is 0.170 e. The van der Waals surface area contributed by atoms with Gasteiger partial charge < -0.3 is 9.84 Å². The molecule has 1 saturated heterocycles. The lowest BCUT2D eigenvalue weighted by Gasteiger charge is -2.37. The van der Waals surface area contributed by atoms with Crippen LogP contribution in [0.3, 0.4) is 0 Å². The highest BCUT2D eigenvalue weighted by Gasteiger charge is 2.26. The number of piperazine rings is 1. The molecule has 0 aliphatic carbocycles. The summed E-state index contributed by atoms with van der Waals surface area (Å²) in [5, 5.41) is 7.55. The first kappa shape index (κ1) is 15.2. The molecule has 2 aromatic rings. The summed E-state index contributed by atoms with van der Waals surface area (Å²) in [4.78, 5) is 2.39. The van der Waals surface area contributed by atoms with E-state index in [2.05, 4.69) is 29.2 Å². The zero-order chi connectivity index (χ0) is 15.7. The Labute approximate surface area is 130 Å².